The number of benzene rings is 2. The molecule has 0 aliphatic carbocycles. The van der Waals surface area contributed by atoms with Gasteiger partial charge in [0, 0.05) is 30.4 Å². The molecule has 0 saturated carbocycles. The summed E-state index contributed by atoms with van der Waals surface area (Å²) in [5.41, 5.74) is 4.01. The van der Waals surface area contributed by atoms with E-state index in [1.54, 1.807) is 7.11 Å². The van der Waals surface area contributed by atoms with Crippen molar-refractivity contribution in [2.75, 3.05) is 20.2 Å². The summed E-state index contributed by atoms with van der Waals surface area (Å²) in [5, 5.41) is 14.3. The fourth-order valence-electron chi connectivity index (χ4n) is 3.87. The first-order chi connectivity index (χ1) is 14.1. The van der Waals surface area contributed by atoms with Crippen LogP contribution in [-0.4, -0.2) is 46.0 Å². The second kappa shape index (κ2) is 8.49. The van der Waals surface area contributed by atoms with Gasteiger partial charge in [0.25, 0.3) is 0 Å². The highest BCUT2D eigenvalue weighted by Gasteiger charge is 2.26. The number of aliphatic carboxylic acids is 1. The summed E-state index contributed by atoms with van der Waals surface area (Å²) >= 11 is 0. The molecule has 3 aromatic rings. The molecular formula is C23H25N3O3. The summed E-state index contributed by atoms with van der Waals surface area (Å²) in [6.07, 6.45) is 3.71. The SMILES string of the molecule is COc1ccc(-c2nn(-c3ccccc3)cc2CN2CCCC(C(=O)O)C2)cc1. The summed E-state index contributed by atoms with van der Waals surface area (Å²) in [6, 6.07) is 17.9. The Hall–Kier alpha value is -3.12. The highest BCUT2D eigenvalue weighted by molar-refractivity contribution is 5.70. The van der Waals surface area contributed by atoms with Crippen LogP contribution in [0, 0.1) is 5.92 Å². The third-order valence-corrected chi connectivity index (χ3v) is 5.42. The largest absolute Gasteiger partial charge is 0.497 e. The van der Waals surface area contributed by atoms with Gasteiger partial charge in [-0.25, -0.2) is 4.68 Å². The topological polar surface area (TPSA) is 67.6 Å². The molecule has 1 unspecified atom stereocenters. The van der Waals surface area contributed by atoms with Gasteiger partial charge >= 0.3 is 5.97 Å². The molecule has 1 aromatic heterocycles. The minimum absolute atomic E-state index is 0.294. The Morgan fingerprint density at radius 1 is 1.17 bits per heavy atom. The van der Waals surface area contributed by atoms with Crippen molar-refractivity contribution < 1.29 is 14.6 Å². The fourth-order valence-corrected chi connectivity index (χ4v) is 3.87. The summed E-state index contributed by atoms with van der Waals surface area (Å²) in [4.78, 5) is 13.7. The van der Waals surface area contributed by atoms with Gasteiger partial charge < -0.3 is 9.84 Å². The van der Waals surface area contributed by atoms with Crippen LogP contribution in [0.15, 0.2) is 60.8 Å². The molecule has 6 nitrogen and oxygen atoms in total. The fraction of sp³-hybridized carbons (Fsp3) is 0.304. The zero-order chi connectivity index (χ0) is 20.2. The first kappa shape index (κ1) is 19.2. The quantitative estimate of drug-likeness (QED) is 0.691. The lowest BCUT2D eigenvalue weighted by Gasteiger charge is -2.30. The molecule has 1 aliphatic heterocycles. The van der Waals surface area contributed by atoms with Gasteiger partial charge in [0.1, 0.15) is 5.75 Å². The maximum absolute atomic E-state index is 11.4. The van der Waals surface area contributed by atoms with Gasteiger partial charge in [0.2, 0.25) is 0 Å². The average Bonchev–Trinajstić information content (AvgIpc) is 3.18. The lowest BCUT2D eigenvalue weighted by molar-refractivity contribution is -0.143. The highest BCUT2D eigenvalue weighted by atomic mass is 16.5. The molecule has 1 aliphatic rings. The van der Waals surface area contributed by atoms with Crippen LogP contribution in [0.4, 0.5) is 0 Å². The number of hydrogen-bond donors (Lipinski definition) is 1. The minimum atomic E-state index is -0.704. The van der Waals surface area contributed by atoms with Gasteiger partial charge in [0.15, 0.2) is 0 Å². The Morgan fingerprint density at radius 3 is 2.62 bits per heavy atom. The average molecular weight is 391 g/mol. The van der Waals surface area contributed by atoms with Gasteiger partial charge in [-0.15, -0.1) is 0 Å². The summed E-state index contributed by atoms with van der Waals surface area (Å²) < 4.78 is 7.17. The molecule has 0 bridgehead atoms. The number of methoxy groups -OCH3 is 1. The molecule has 150 valence electrons. The smallest absolute Gasteiger partial charge is 0.307 e. The van der Waals surface area contributed by atoms with Gasteiger partial charge in [-0.2, -0.15) is 5.10 Å². The molecule has 0 radical (unpaired) electrons. The van der Waals surface area contributed by atoms with Crippen molar-refractivity contribution in [3.63, 3.8) is 0 Å². The lowest BCUT2D eigenvalue weighted by atomic mass is 9.97. The Morgan fingerprint density at radius 2 is 1.93 bits per heavy atom. The summed E-state index contributed by atoms with van der Waals surface area (Å²) in [7, 11) is 1.65. The zero-order valence-electron chi connectivity index (χ0n) is 16.5. The first-order valence-corrected chi connectivity index (χ1v) is 9.87. The van der Waals surface area contributed by atoms with E-state index in [2.05, 4.69) is 11.1 Å². The number of rotatable bonds is 6. The van der Waals surface area contributed by atoms with E-state index in [9.17, 15) is 9.90 Å². The molecule has 2 aromatic carbocycles. The third-order valence-electron chi connectivity index (χ3n) is 5.42. The number of carboxylic acids is 1. The van der Waals surface area contributed by atoms with Gasteiger partial charge in [0.05, 0.1) is 24.4 Å². The number of ether oxygens (including phenoxy) is 1. The third kappa shape index (κ3) is 4.32. The van der Waals surface area contributed by atoms with E-state index < -0.39 is 5.97 Å². The van der Waals surface area contributed by atoms with Crippen LogP contribution in [0.5, 0.6) is 5.75 Å². The Labute approximate surface area is 170 Å². The molecule has 1 saturated heterocycles. The predicted octanol–water partition coefficient (Wildman–Crippen LogP) is 3.84. The number of carboxylic acid groups (broad SMARTS) is 1. The van der Waals surface area contributed by atoms with Crippen molar-refractivity contribution in [3.8, 4) is 22.7 Å². The number of carbonyl (C=O) groups is 1. The van der Waals surface area contributed by atoms with E-state index in [1.165, 1.54) is 0 Å². The first-order valence-electron chi connectivity index (χ1n) is 9.87. The maximum atomic E-state index is 11.4. The Kier molecular flexibility index (Phi) is 5.62. The molecule has 1 atom stereocenters. The highest BCUT2D eigenvalue weighted by Crippen LogP contribution is 2.28. The van der Waals surface area contributed by atoms with Crippen molar-refractivity contribution in [1.29, 1.82) is 0 Å². The molecule has 0 amide bonds. The Balaban J connectivity index is 1.67. The molecule has 1 fully saturated rings. The van der Waals surface area contributed by atoms with Gasteiger partial charge in [-0.3, -0.25) is 9.69 Å². The molecule has 2 heterocycles. The van der Waals surface area contributed by atoms with E-state index >= 15 is 0 Å². The van der Waals surface area contributed by atoms with Crippen molar-refractivity contribution in [3.05, 3.63) is 66.4 Å². The van der Waals surface area contributed by atoms with Crippen molar-refractivity contribution >= 4 is 5.97 Å². The van der Waals surface area contributed by atoms with Crippen molar-refractivity contribution in [1.82, 2.24) is 14.7 Å². The van der Waals surface area contributed by atoms with E-state index in [4.69, 9.17) is 9.84 Å². The van der Waals surface area contributed by atoms with E-state index in [0.717, 1.165) is 47.6 Å². The van der Waals surface area contributed by atoms with Crippen LogP contribution >= 0.6 is 0 Å². The van der Waals surface area contributed by atoms with Crippen molar-refractivity contribution in [2.24, 2.45) is 5.92 Å². The van der Waals surface area contributed by atoms with Crippen LogP contribution in [0.25, 0.3) is 16.9 Å². The molecule has 29 heavy (non-hydrogen) atoms. The normalized spacial score (nSPS) is 17.2. The maximum Gasteiger partial charge on any atom is 0.307 e. The van der Waals surface area contributed by atoms with Gasteiger partial charge in [-0.1, -0.05) is 18.2 Å². The Bertz CT molecular complexity index is 967. The van der Waals surface area contributed by atoms with Crippen LogP contribution in [0.3, 0.4) is 0 Å². The predicted molar refractivity (Wildman–Crippen MR) is 111 cm³/mol. The molecule has 1 N–H and O–H groups in total. The minimum Gasteiger partial charge on any atom is -0.497 e. The second-order valence-corrected chi connectivity index (χ2v) is 7.42. The molecule has 0 spiro atoms. The van der Waals surface area contributed by atoms with Crippen LogP contribution in [0.1, 0.15) is 18.4 Å². The summed E-state index contributed by atoms with van der Waals surface area (Å²) in [6.45, 7) is 2.16. The van der Waals surface area contributed by atoms with E-state index in [1.807, 2.05) is 59.3 Å². The number of piperidine rings is 1. The van der Waals surface area contributed by atoms with Crippen LogP contribution in [0.2, 0.25) is 0 Å². The monoisotopic (exact) mass is 391 g/mol. The zero-order valence-corrected chi connectivity index (χ0v) is 16.5. The molecule has 6 heteroatoms. The lowest BCUT2D eigenvalue weighted by Crippen LogP contribution is -2.38. The summed E-state index contributed by atoms with van der Waals surface area (Å²) in [5.74, 6) is -0.194. The molecular weight excluding hydrogens is 366 g/mol. The number of para-hydroxylation sites is 1. The number of likely N-dealkylation sites (tertiary alicyclic amines) is 1. The molecule has 4 rings (SSSR count). The standard InChI is InChI=1S/C23H25N3O3/c1-29-21-11-9-17(10-12-21)22-19(15-25-13-5-6-18(14-25)23(27)28)16-26(24-22)20-7-3-2-4-8-20/h2-4,7-12,16,18H,5-6,13-15H2,1H3,(H,27,28). The van der Waals surface area contributed by atoms with E-state index in [0.29, 0.717) is 13.1 Å². The number of aromatic nitrogens is 2. The van der Waals surface area contributed by atoms with E-state index in [-0.39, 0.29) is 5.92 Å². The second-order valence-electron chi connectivity index (χ2n) is 7.42. The van der Waals surface area contributed by atoms with Crippen LogP contribution < -0.4 is 4.74 Å². The number of nitrogens with zero attached hydrogens (tertiary/aromatic N) is 3. The van der Waals surface area contributed by atoms with Crippen LogP contribution in [-0.2, 0) is 11.3 Å². The van der Waals surface area contributed by atoms with Gasteiger partial charge in [-0.05, 0) is 55.8 Å². The van der Waals surface area contributed by atoms with Crippen molar-refractivity contribution in [2.45, 2.75) is 19.4 Å². The number of hydrogen-bond acceptors (Lipinski definition) is 4.